The van der Waals surface area contributed by atoms with E-state index >= 15 is 0 Å². The molecular weight excluding hydrogens is 377 g/mol. The number of anilines is 1. The lowest BCUT2D eigenvalue weighted by atomic mass is 9.92. The number of amides is 1. The Balaban J connectivity index is 0.000000298. The minimum absolute atomic E-state index is 0.00675. The van der Waals surface area contributed by atoms with Crippen molar-refractivity contribution in [2.24, 2.45) is 5.92 Å². The number of rotatable bonds is 2. The molecule has 0 aromatic carbocycles. The third-order valence-corrected chi connectivity index (χ3v) is 5.02. The molecule has 146 valence electrons. The number of nitrogens with one attached hydrogen (secondary N) is 1. The van der Waals surface area contributed by atoms with Gasteiger partial charge in [0, 0.05) is 20.1 Å². The maximum absolute atomic E-state index is 11.6. The van der Waals surface area contributed by atoms with Crippen LogP contribution >= 0.6 is 11.3 Å². The lowest BCUT2D eigenvalue weighted by Gasteiger charge is -2.33. The Morgan fingerprint density at radius 3 is 2.54 bits per heavy atom. The van der Waals surface area contributed by atoms with Crippen molar-refractivity contribution in [3.63, 3.8) is 0 Å². The van der Waals surface area contributed by atoms with Crippen LogP contribution in [0.5, 0.6) is 0 Å². The molecule has 12 heteroatoms. The highest BCUT2D eigenvalue weighted by atomic mass is 32.1. The first-order valence-electron chi connectivity index (χ1n) is 7.84. The number of hydrogen-bond donors (Lipinski definition) is 2. The van der Waals surface area contributed by atoms with Crippen molar-refractivity contribution in [1.29, 1.82) is 0 Å². The molecule has 2 fully saturated rings. The maximum atomic E-state index is 11.6. The molecule has 2 aliphatic heterocycles. The minimum Gasteiger partial charge on any atom is -0.475 e. The molecule has 0 bridgehead atoms. The number of hydrogen-bond acceptors (Lipinski definition) is 7. The molecule has 3 atom stereocenters. The van der Waals surface area contributed by atoms with E-state index in [9.17, 15) is 18.0 Å². The molecule has 3 rings (SSSR count). The first kappa shape index (κ1) is 20.4. The van der Waals surface area contributed by atoms with E-state index in [0.29, 0.717) is 5.92 Å². The monoisotopic (exact) mass is 396 g/mol. The number of halogens is 3. The second-order valence-electron chi connectivity index (χ2n) is 5.91. The summed E-state index contributed by atoms with van der Waals surface area (Å²) in [5, 5.41) is 20.0. The van der Waals surface area contributed by atoms with E-state index in [1.165, 1.54) is 0 Å². The smallest absolute Gasteiger partial charge is 0.475 e. The molecule has 1 aromatic rings. The second kappa shape index (κ2) is 8.16. The number of fused-ring (bicyclic) bond motifs is 1. The Kier molecular flexibility index (Phi) is 6.39. The van der Waals surface area contributed by atoms with Gasteiger partial charge in [0.15, 0.2) is 0 Å². The van der Waals surface area contributed by atoms with Gasteiger partial charge in [-0.15, -0.1) is 10.2 Å². The standard InChI is InChI=1S/C12H18N4O2S.C2HF3O2/c1-7-14-15-12(19-7)16-4-3-8-5-9(11(17)13-2)18-10(8)6-16;3-2(4,5)1(6)7/h8-10H,3-6H2,1-2H3,(H,13,17);(H,6,7)/t8-,9+,10+;/m0./s1. The summed E-state index contributed by atoms with van der Waals surface area (Å²) in [5.41, 5.74) is 0. The number of aromatic nitrogens is 2. The third-order valence-electron chi connectivity index (χ3n) is 4.12. The van der Waals surface area contributed by atoms with E-state index in [0.717, 1.165) is 36.1 Å². The van der Waals surface area contributed by atoms with Crippen molar-refractivity contribution < 1.29 is 32.6 Å². The van der Waals surface area contributed by atoms with Gasteiger partial charge < -0.3 is 20.1 Å². The highest BCUT2D eigenvalue weighted by Crippen LogP contribution is 2.35. The fourth-order valence-corrected chi connectivity index (χ4v) is 3.57. The zero-order valence-corrected chi connectivity index (χ0v) is 14.9. The van der Waals surface area contributed by atoms with E-state index in [2.05, 4.69) is 20.4 Å². The Bertz CT molecular complexity index is 654. The molecule has 1 aromatic heterocycles. The van der Waals surface area contributed by atoms with Gasteiger partial charge >= 0.3 is 12.1 Å². The molecule has 3 heterocycles. The number of aliphatic carboxylic acids is 1. The van der Waals surface area contributed by atoms with Crippen molar-refractivity contribution >= 4 is 28.3 Å². The van der Waals surface area contributed by atoms with E-state index in [1.54, 1.807) is 18.4 Å². The number of likely N-dealkylation sites (N-methyl/N-ethyl adjacent to an activating group) is 1. The van der Waals surface area contributed by atoms with Gasteiger partial charge in [-0.05, 0) is 25.7 Å². The van der Waals surface area contributed by atoms with E-state index < -0.39 is 12.1 Å². The van der Waals surface area contributed by atoms with Gasteiger partial charge in [0.05, 0.1) is 6.10 Å². The number of ether oxygens (including phenoxy) is 1. The molecule has 26 heavy (non-hydrogen) atoms. The normalized spacial score (nSPS) is 25.1. The van der Waals surface area contributed by atoms with Crippen LogP contribution in [0.4, 0.5) is 18.3 Å². The summed E-state index contributed by atoms with van der Waals surface area (Å²) in [4.78, 5) is 22.8. The van der Waals surface area contributed by atoms with Crippen LogP contribution in [-0.4, -0.2) is 65.7 Å². The third kappa shape index (κ3) is 5.04. The molecule has 0 radical (unpaired) electrons. The SMILES string of the molecule is CNC(=O)[C@H]1C[C@@H]2CCN(c3nnc(C)s3)C[C@H]2O1.O=C(O)C(F)(F)F. The topological polar surface area (TPSA) is 105 Å². The first-order chi connectivity index (χ1) is 12.1. The summed E-state index contributed by atoms with van der Waals surface area (Å²) in [6.45, 7) is 3.74. The maximum Gasteiger partial charge on any atom is 0.490 e. The van der Waals surface area contributed by atoms with Crippen molar-refractivity contribution in [3.8, 4) is 0 Å². The van der Waals surface area contributed by atoms with Crippen LogP contribution in [0, 0.1) is 12.8 Å². The quantitative estimate of drug-likeness (QED) is 0.774. The number of carboxylic acid groups (broad SMARTS) is 1. The highest BCUT2D eigenvalue weighted by Gasteiger charge is 2.42. The van der Waals surface area contributed by atoms with Crippen LogP contribution in [-0.2, 0) is 14.3 Å². The number of aryl methyl sites for hydroxylation is 1. The highest BCUT2D eigenvalue weighted by molar-refractivity contribution is 7.15. The van der Waals surface area contributed by atoms with Crippen molar-refractivity contribution in [2.75, 3.05) is 25.0 Å². The molecule has 0 aliphatic carbocycles. The van der Waals surface area contributed by atoms with E-state index in [-0.39, 0.29) is 18.1 Å². The molecule has 2 N–H and O–H groups in total. The lowest BCUT2D eigenvalue weighted by Crippen LogP contribution is -2.42. The zero-order chi connectivity index (χ0) is 19.5. The van der Waals surface area contributed by atoms with Gasteiger partial charge in [0.1, 0.15) is 11.1 Å². The predicted molar refractivity (Wildman–Crippen MR) is 86.0 cm³/mol. The molecule has 0 saturated carbocycles. The number of carbonyl (C=O) groups excluding carboxylic acids is 1. The van der Waals surface area contributed by atoms with Crippen molar-refractivity contribution in [3.05, 3.63) is 5.01 Å². The average molecular weight is 396 g/mol. The summed E-state index contributed by atoms with van der Waals surface area (Å²) in [6, 6.07) is 0. The molecule has 1 amide bonds. The number of piperidine rings is 1. The van der Waals surface area contributed by atoms with Gasteiger partial charge in [-0.2, -0.15) is 13.2 Å². The van der Waals surface area contributed by atoms with Gasteiger partial charge in [0.25, 0.3) is 0 Å². The van der Waals surface area contributed by atoms with Crippen LogP contribution in [0.25, 0.3) is 0 Å². The largest absolute Gasteiger partial charge is 0.490 e. The Hall–Kier alpha value is -1.95. The first-order valence-corrected chi connectivity index (χ1v) is 8.65. The number of alkyl halides is 3. The number of carbonyl (C=O) groups is 2. The molecule has 0 spiro atoms. The number of nitrogens with zero attached hydrogens (tertiary/aromatic N) is 3. The fraction of sp³-hybridized carbons (Fsp3) is 0.714. The summed E-state index contributed by atoms with van der Waals surface area (Å²) >= 11 is 1.61. The Labute approximate surface area is 151 Å². The van der Waals surface area contributed by atoms with Crippen LogP contribution in [0.3, 0.4) is 0 Å². The van der Waals surface area contributed by atoms with Crippen molar-refractivity contribution in [2.45, 2.75) is 38.1 Å². The summed E-state index contributed by atoms with van der Waals surface area (Å²) in [5.74, 6) is -2.27. The van der Waals surface area contributed by atoms with Crippen LogP contribution in [0.2, 0.25) is 0 Å². The van der Waals surface area contributed by atoms with E-state index in [4.69, 9.17) is 14.6 Å². The molecule has 2 saturated heterocycles. The molecule has 0 unspecified atom stereocenters. The van der Waals surface area contributed by atoms with Gasteiger partial charge in [-0.3, -0.25) is 4.79 Å². The van der Waals surface area contributed by atoms with Gasteiger partial charge in [-0.1, -0.05) is 11.3 Å². The molecule has 2 aliphatic rings. The summed E-state index contributed by atoms with van der Waals surface area (Å²) in [7, 11) is 1.66. The molecule has 8 nitrogen and oxygen atoms in total. The van der Waals surface area contributed by atoms with E-state index in [1.807, 2.05) is 6.92 Å². The Morgan fingerprint density at radius 2 is 2.04 bits per heavy atom. The van der Waals surface area contributed by atoms with Crippen LogP contribution in [0.1, 0.15) is 17.8 Å². The van der Waals surface area contributed by atoms with Crippen LogP contribution < -0.4 is 10.2 Å². The Morgan fingerprint density at radius 1 is 1.38 bits per heavy atom. The minimum atomic E-state index is -5.08. The zero-order valence-electron chi connectivity index (χ0n) is 14.1. The van der Waals surface area contributed by atoms with Crippen molar-refractivity contribution in [1.82, 2.24) is 15.5 Å². The predicted octanol–water partition coefficient (Wildman–Crippen LogP) is 1.21. The molecular formula is C14H19F3N4O4S. The second-order valence-corrected chi connectivity index (χ2v) is 7.07. The average Bonchev–Trinajstić information content (AvgIpc) is 3.19. The van der Waals surface area contributed by atoms with Gasteiger partial charge in [0.2, 0.25) is 11.0 Å². The fourth-order valence-electron chi connectivity index (χ4n) is 2.85. The van der Waals surface area contributed by atoms with Gasteiger partial charge in [-0.25, -0.2) is 4.79 Å². The lowest BCUT2D eigenvalue weighted by molar-refractivity contribution is -0.192. The number of carboxylic acids is 1. The van der Waals surface area contributed by atoms with Crippen LogP contribution in [0.15, 0.2) is 0 Å². The summed E-state index contributed by atoms with van der Waals surface area (Å²) in [6.07, 6.45) is -3.33. The summed E-state index contributed by atoms with van der Waals surface area (Å²) < 4.78 is 37.6.